The Bertz CT molecular complexity index is 1010. The summed E-state index contributed by atoms with van der Waals surface area (Å²) in [5, 5.41) is 0. The van der Waals surface area contributed by atoms with Gasteiger partial charge < -0.3 is 37.9 Å². The van der Waals surface area contributed by atoms with Crippen molar-refractivity contribution in [3.8, 4) is 0 Å². The van der Waals surface area contributed by atoms with Crippen LogP contribution in [0.15, 0.2) is 36.1 Å². The molecular weight excluding hydrogens is 496 g/mol. The summed E-state index contributed by atoms with van der Waals surface area (Å²) in [6, 6.07) is 0. The maximum absolute atomic E-state index is 12.1. The number of fused-ring (bicyclic) bond motifs is 1. The topological polar surface area (TPSA) is 159 Å². The van der Waals surface area contributed by atoms with Crippen LogP contribution in [0.4, 0.5) is 0 Å². The van der Waals surface area contributed by atoms with E-state index in [2.05, 4.69) is 6.58 Å². The highest BCUT2D eigenvalue weighted by molar-refractivity contribution is 5.94. The van der Waals surface area contributed by atoms with Crippen LogP contribution in [-0.2, 0) is 61.9 Å². The summed E-state index contributed by atoms with van der Waals surface area (Å²) in [6.45, 7) is 7.93. The zero-order valence-electron chi connectivity index (χ0n) is 20.7. The molecule has 202 valence electrons. The number of carbonyl (C=O) groups excluding carboxylic acids is 5. The molecule has 0 amide bonds. The fourth-order valence-electron chi connectivity index (χ4n) is 4.10. The van der Waals surface area contributed by atoms with Gasteiger partial charge >= 0.3 is 29.8 Å². The molecule has 1 saturated heterocycles. The molecule has 2 unspecified atom stereocenters. The SMILES string of the molecule is C=CC1C2=CCOC(=O)C2=COC1O[C@@H]1O[C@H](COC(C)=O)[C@@H](OC(C)=O)[C@@H](OC(C)=O)[C@H]1OC(C)=O. The first-order chi connectivity index (χ1) is 17.5. The van der Waals surface area contributed by atoms with Gasteiger partial charge in [0.1, 0.15) is 25.6 Å². The molecule has 3 aliphatic rings. The predicted octanol–water partition coefficient (Wildman–Crippen LogP) is 0.612. The van der Waals surface area contributed by atoms with Gasteiger partial charge in [0, 0.05) is 27.7 Å². The van der Waals surface area contributed by atoms with E-state index in [0.29, 0.717) is 5.57 Å². The van der Waals surface area contributed by atoms with Crippen LogP contribution in [0.25, 0.3) is 0 Å². The summed E-state index contributed by atoms with van der Waals surface area (Å²) in [7, 11) is 0. The van der Waals surface area contributed by atoms with Crippen LogP contribution in [0.5, 0.6) is 0 Å². The molecule has 1 fully saturated rings. The monoisotopic (exact) mass is 524 g/mol. The Hall–Kier alpha value is -3.71. The molecule has 37 heavy (non-hydrogen) atoms. The second-order valence-corrected chi connectivity index (χ2v) is 8.26. The average Bonchev–Trinajstić information content (AvgIpc) is 2.80. The van der Waals surface area contributed by atoms with Crippen molar-refractivity contribution in [3.05, 3.63) is 36.1 Å². The van der Waals surface area contributed by atoms with E-state index in [-0.39, 0.29) is 12.2 Å². The van der Waals surface area contributed by atoms with E-state index >= 15 is 0 Å². The molecule has 3 rings (SSSR count). The van der Waals surface area contributed by atoms with E-state index in [0.717, 1.165) is 20.8 Å². The molecule has 0 aliphatic carbocycles. The number of cyclic esters (lactones) is 1. The lowest BCUT2D eigenvalue weighted by molar-refractivity contribution is -0.339. The van der Waals surface area contributed by atoms with Crippen molar-refractivity contribution < 1.29 is 61.9 Å². The first kappa shape index (κ1) is 27.9. The van der Waals surface area contributed by atoms with E-state index in [1.165, 1.54) is 19.3 Å². The maximum Gasteiger partial charge on any atom is 0.341 e. The minimum atomic E-state index is -1.46. The third kappa shape index (κ3) is 6.74. The molecule has 0 spiro atoms. The highest BCUT2D eigenvalue weighted by Crippen LogP contribution is 2.37. The molecular formula is C24H28O13. The van der Waals surface area contributed by atoms with Gasteiger partial charge in [-0.2, -0.15) is 0 Å². The van der Waals surface area contributed by atoms with Gasteiger partial charge in [-0.15, -0.1) is 6.58 Å². The van der Waals surface area contributed by atoms with E-state index in [4.69, 9.17) is 37.9 Å². The Morgan fingerprint density at radius 1 is 0.946 bits per heavy atom. The predicted molar refractivity (Wildman–Crippen MR) is 119 cm³/mol. The molecule has 0 saturated carbocycles. The molecule has 13 heteroatoms. The van der Waals surface area contributed by atoms with Crippen molar-refractivity contribution in [3.63, 3.8) is 0 Å². The number of esters is 5. The lowest BCUT2D eigenvalue weighted by Gasteiger charge is -2.45. The fraction of sp³-hybridized carbons (Fsp3) is 0.542. The van der Waals surface area contributed by atoms with Gasteiger partial charge in [0.25, 0.3) is 0 Å². The van der Waals surface area contributed by atoms with Crippen LogP contribution in [0.2, 0.25) is 0 Å². The highest BCUT2D eigenvalue weighted by Gasteiger charge is 2.54. The lowest BCUT2D eigenvalue weighted by Crippen LogP contribution is -2.63. The minimum Gasteiger partial charge on any atom is -0.471 e. The molecule has 7 atom stereocenters. The minimum absolute atomic E-state index is 0.0433. The Balaban J connectivity index is 1.97. The van der Waals surface area contributed by atoms with Gasteiger partial charge in [0.05, 0.1) is 11.5 Å². The first-order valence-electron chi connectivity index (χ1n) is 11.3. The smallest absolute Gasteiger partial charge is 0.341 e. The summed E-state index contributed by atoms with van der Waals surface area (Å²) < 4.78 is 43.7. The Kier molecular flexibility index (Phi) is 9.05. The van der Waals surface area contributed by atoms with E-state index in [1.54, 1.807) is 6.08 Å². The van der Waals surface area contributed by atoms with Gasteiger partial charge in [0.15, 0.2) is 18.3 Å². The number of rotatable bonds is 8. The molecule has 0 aromatic rings. The normalized spacial score (nSPS) is 30.7. The number of hydrogen-bond acceptors (Lipinski definition) is 13. The number of hydrogen-bond donors (Lipinski definition) is 0. The molecule has 0 aromatic carbocycles. The molecule has 0 N–H and O–H groups in total. The van der Waals surface area contributed by atoms with Crippen LogP contribution in [0.1, 0.15) is 27.7 Å². The average molecular weight is 524 g/mol. The Labute approximate surface area is 212 Å². The van der Waals surface area contributed by atoms with Crippen LogP contribution in [0, 0.1) is 5.92 Å². The summed E-state index contributed by atoms with van der Waals surface area (Å²) in [4.78, 5) is 59.4. The van der Waals surface area contributed by atoms with Crippen LogP contribution < -0.4 is 0 Å². The zero-order chi connectivity index (χ0) is 27.3. The van der Waals surface area contributed by atoms with Crippen molar-refractivity contribution in [2.45, 2.75) is 64.7 Å². The molecule has 3 aliphatic heterocycles. The summed E-state index contributed by atoms with van der Waals surface area (Å²) in [6.07, 6.45) is -3.58. The highest BCUT2D eigenvalue weighted by atomic mass is 16.8. The zero-order valence-corrected chi connectivity index (χ0v) is 20.7. The van der Waals surface area contributed by atoms with Crippen molar-refractivity contribution in [2.75, 3.05) is 13.2 Å². The largest absolute Gasteiger partial charge is 0.471 e. The second kappa shape index (κ2) is 12.0. The number of carbonyl (C=O) groups is 5. The van der Waals surface area contributed by atoms with E-state index in [9.17, 15) is 24.0 Å². The standard InChI is InChI=1S/C24H28O13/c1-6-15-16-7-8-30-22(29)17(16)9-32-23(15)37-24-21(35-14(5)28)20(34-13(4)27)19(33-12(3)26)18(36-24)10-31-11(2)25/h6-7,9,15,18-21,23-24H,1,8,10H2,2-5H3/t15?,18-,19-,20-,21-,23?,24+/m1/s1. The van der Waals surface area contributed by atoms with E-state index < -0.39 is 79.4 Å². The molecule has 3 heterocycles. The quantitative estimate of drug-likeness (QED) is 0.247. The van der Waals surface area contributed by atoms with Gasteiger partial charge in [-0.25, -0.2) is 4.79 Å². The van der Waals surface area contributed by atoms with Crippen molar-refractivity contribution in [2.24, 2.45) is 5.92 Å². The summed E-state index contributed by atoms with van der Waals surface area (Å²) in [5.74, 6) is -4.19. The first-order valence-corrected chi connectivity index (χ1v) is 11.3. The van der Waals surface area contributed by atoms with Crippen molar-refractivity contribution in [1.29, 1.82) is 0 Å². The second-order valence-electron chi connectivity index (χ2n) is 8.26. The molecule has 0 radical (unpaired) electrons. The van der Waals surface area contributed by atoms with Crippen molar-refractivity contribution >= 4 is 29.8 Å². The molecule has 0 aromatic heterocycles. The Morgan fingerprint density at radius 3 is 2.16 bits per heavy atom. The van der Waals surface area contributed by atoms with Gasteiger partial charge in [0.2, 0.25) is 12.6 Å². The maximum atomic E-state index is 12.1. The van der Waals surface area contributed by atoms with Gasteiger partial charge in [-0.05, 0) is 11.6 Å². The van der Waals surface area contributed by atoms with Crippen LogP contribution >= 0.6 is 0 Å². The van der Waals surface area contributed by atoms with E-state index in [1.807, 2.05) is 0 Å². The van der Waals surface area contributed by atoms with Crippen molar-refractivity contribution in [1.82, 2.24) is 0 Å². The van der Waals surface area contributed by atoms with Gasteiger partial charge in [-0.3, -0.25) is 19.2 Å². The van der Waals surface area contributed by atoms with Crippen LogP contribution in [-0.4, -0.2) is 80.1 Å². The summed E-state index contributed by atoms with van der Waals surface area (Å²) >= 11 is 0. The van der Waals surface area contributed by atoms with Gasteiger partial charge in [-0.1, -0.05) is 6.08 Å². The Morgan fingerprint density at radius 2 is 1.57 bits per heavy atom. The molecule has 13 nitrogen and oxygen atoms in total. The third-order valence-electron chi connectivity index (χ3n) is 5.49. The van der Waals surface area contributed by atoms with Crippen LogP contribution in [0.3, 0.4) is 0 Å². The lowest BCUT2D eigenvalue weighted by atomic mass is 9.89. The third-order valence-corrected chi connectivity index (χ3v) is 5.49. The summed E-state index contributed by atoms with van der Waals surface area (Å²) in [5.41, 5.74) is 0.741. The molecule has 0 bridgehead atoms. The fourth-order valence-corrected chi connectivity index (χ4v) is 4.10. The number of ether oxygens (including phenoxy) is 8.